The second-order valence-corrected chi connectivity index (χ2v) is 9.40. The second kappa shape index (κ2) is 7.74. The highest BCUT2D eigenvalue weighted by Crippen LogP contribution is 2.49. The van der Waals surface area contributed by atoms with E-state index in [-0.39, 0.29) is 5.41 Å². The van der Waals surface area contributed by atoms with Gasteiger partial charge in [-0.1, -0.05) is 105 Å². The summed E-state index contributed by atoms with van der Waals surface area (Å²) in [6.07, 6.45) is 0. The second-order valence-electron chi connectivity index (χ2n) is 9.40. The number of rotatable bonds is 3. The van der Waals surface area contributed by atoms with Gasteiger partial charge in [0, 0.05) is 16.5 Å². The SMILES string of the molecule is Cc1nc(-c2ccc(-c3ccccc3)cc2)nc(-c2ccc3c(c2)C(C)(C)c2ccccc2-3)n1. The van der Waals surface area contributed by atoms with E-state index in [1.165, 1.54) is 33.4 Å². The summed E-state index contributed by atoms with van der Waals surface area (Å²) in [7, 11) is 0. The van der Waals surface area contributed by atoms with Crippen molar-refractivity contribution < 1.29 is 0 Å². The average molecular weight is 440 g/mol. The molecule has 0 radical (unpaired) electrons. The standard InChI is InChI=1S/C31H25N3/c1-20-32-29(23-15-13-22(14-16-23)21-9-5-4-6-10-21)34-30(33-20)24-17-18-26-25-11-7-8-12-27(25)31(2,3)28(26)19-24/h4-19H,1-3H3. The third-order valence-corrected chi connectivity index (χ3v) is 6.84. The van der Waals surface area contributed by atoms with Crippen LogP contribution in [0.15, 0.2) is 97.1 Å². The minimum absolute atomic E-state index is 0.0554. The predicted octanol–water partition coefficient (Wildman–Crippen LogP) is 7.49. The fraction of sp³-hybridized carbons (Fsp3) is 0.129. The van der Waals surface area contributed by atoms with Crippen LogP contribution in [0.25, 0.3) is 45.0 Å². The Morgan fingerprint density at radius 1 is 0.500 bits per heavy atom. The summed E-state index contributed by atoms with van der Waals surface area (Å²) in [5, 5.41) is 0. The van der Waals surface area contributed by atoms with E-state index in [0.29, 0.717) is 11.6 Å². The summed E-state index contributed by atoms with van der Waals surface area (Å²) in [5.41, 5.74) is 9.63. The molecule has 0 saturated heterocycles. The van der Waals surface area contributed by atoms with Crippen LogP contribution in [0, 0.1) is 6.92 Å². The Morgan fingerprint density at radius 3 is 1.82 bits per heavy atom. The van der Waals surface area contributed by atoms with E-state index >= 15 is 0 Å². The summed E-state index contributed by atoms with van der Waals surface area (Å²) in [6.45, 7) is 6.51. The van der Waals surface area contributed by atoms with Crippen LogP contribution in [-0.2, 0) is 5.41 Å². The van der Waals surface area contributed by atoms with Gasteiger partial charge < -0.3 is 0 Å². The summed E-state index contributed by atoms with van der Waals surface area (Å²) in [6, 6.07) is 34.1. The minimum atomic E-state index is -0.0554. The monoisotopic (exact) mass is 439 g/mol. The molecule has 3 heteroatoms. The van der Waals surface area contributed by atoms with Crippen molar-refractivity contribution in [3.05, 3.63) is 114 Å². The fourth-order valence-corrected chi connectivity index (χ4v) is 5.03. The molecular weight excluding hydrogens is 414 g/mol. The molecule has 1 aliphatic rings. The van der Waals surface area contributed by atoms with Gasteiger partial charge in [0.2, 0.25) is 0 Å². The van der Waals surface area contributed by atoms with E-state index < -0.39 is 0 Å². The molecule has 0 saturated carbocycles. The van der Waals surface area contributed by atoms with E-state index in [1.807, 2.05) is 13.0 Å². The number of hydrogen-bond acceptors (Lipinski definition) is 3. The number of fused-ring (bicyclic) bond motifs is 3. The number of hydrogen-bond donors (Lipinski definition) is 0. The summed E-state index contributed by atoms with van der Waals surface area (Å²) in [4.78, 5) is 14.2. The molecule has 4 aromatic carbocycles. The van der Waals surface area contributed by atoms with Gasteiger partial charge in [0.05, 0.1) is 0 Å². The molecule has 0 N–H and O–H groups in total. The number of benzene rings is 4. The number of aromatic nitrogens is 3. The lowest BCUT2D eigenvalue weighted by atomic mass is 9.82. The lowest BCUT2D eigenvalue weighted by molar-refractivity contribution is 0.660. The molecule has 1 aromatic heterocycles. The first-order valence-corrected chi connectivity index (χ1v) is 11.6. The van der Waals surface area contributed by atoms with Crippen LogP contribution in [0.5, 0.6) is 0 Å². The highest BCUT2D eigenvalue weighted by molar-refractivity contribution is 5.83. The van der Waals surface area contributed by atoms with Crippen molar-refractivity contribution in [1.29, 1.82) is 0 Å². The zero-order valence-electron chi connectivity index (χ0n) is 19.6. The minimum Gasteiger partial charge on any atom is -0.213 e. The molecule has 0 aliphatic heterocycles. The quantitative estimate of drug-likeness (QED) is 0.292. The lowest BCUT2D eigenvalue weighted by Gasteiger charge is -2.21. The topological polar surface area (TPSA) is 38.7 Å². The molecule has 3 nitrogen and oxygen atoms in total. The Bertz CT molecular complexity index is 1520. The molecule has 5 aromatic rings. The van der Waals surface area contributed by atoms with Gasteiger partial charge >= 0.3 is 0 Å². The summed E-state index contributed by atoms with van der Waals surface area (Å²) in [5.74, 6) is 2.13. The van der Waals surface area contributed by atoms with Crippen molar-refractivity contribution in [3.63, 3.8) is 0 Å². The van der Waals surface area contributed by atoms with E-state index in [2.05, 4.69) is 110 Å². The van der Waals surface area contributed by atoms with Crippen LogP contribution in [0.2, 0.25) is 0 Å². The number of nitrogens with zero attached hydrogens (tertiary/aromatic N) is 3. The largest absolute Gasteiger partial charge is 0.213 e. The van der Waals surface area contributed by atoms with E-state index in [4.69, 9.17) is 9.97 Å². The molecule has 6 rings (SSSR count). The average Bonchev–Trinajstić information content (AvgIpc) is 3.11. The Kier molecular flexibility index (Phi) is 4.66. The molecular formula is C31H25N3. The highest BCUT2D eigenvalue weighted by atomic mass is 15.0. The maximum atomic E-state index is 4.88. The van der Waals surface area contributed by atoms with Gasteiger partial charge in [-0.05, 0) is 46.4 Å². The van der Waals surface area contributed by atoms with E-state index in [1.54, 1.807) is 0 Å². The van der Waals surface area contributed by atoms with Gasteiger partial charge in [-0.15, -0.1) is 0 Å². The van der Waals surface area contributed by atoms with Crippen LogP contribution in [0.3, 0.4) is 0 Å². The fourth-order valence-electron chi connectivity index (χ4n) is 5.03. The predicted molar refractivity (Wildman–Crippen MR) is 138 cm³/mol. The Hall–Kier alpha value is -4.11. The normalized spacial score (nSPS) is 13.4. The third-order valence-electron chi connectivity index (χ3n) is 6.84. The maximum Gasteiger partial charge on any atom is 0.163 e. The van der Waals surface area contributed by atoms with E-state index in [0.717, 1.165) is 17.0 Å². The summed E-state index contributed by atoms with van der Waals surface area (Å²) >= 11 is 0. The van der Waals surface area contributed by atoms with Gasteiger partial charge in [0.1, 0.15) is 5.82 Å². The molecule has 0 atom stereocenters. The Labute approximate surface area is 200 Å². The first kappa shape index (κ1) is 20.5. The van der Waals surface area contributed by atoms with Crippen molar-refractivity contribution in [2.24, 2.45) is 0 Å². The van der Waals surface area contributed by atoms with Crippen molar-refractivity contribution in [3.8, 4) is 45.0 Å². The molecule has 0 spiro atoms. The van der Waals surface area contributed by atoms with Crippen LogP contribution < -0.4 is 0 Å². The van der Waals surface area contributed by atoms with Gasteiger partial charge in [-0.25, -0.2) is 15.0 Å². The van der Waals surface area contributed by atoms with E-state index in [9.17, 15) is 0 Å². The zero-order chi connectivity index (χ0) is 23.3. The molecule has 0 unspecified atom stereocenters. The van der Waals surface area contributed by atoms with Crippen molar-refractivity contribution >= 4 is 0 Å². The third kappa shape index (κ3) is 3.32. The lowest BCUT2D eigenvalue weighted by Crippen LogP contribution is -2.15. The van der Waals surface area contributed by atoms with Gasteiger partial charge in [-0.2, -0.15) is 0 Å². The van der Waals surface area contributed by atoms with Crippen LogP contribution >= 0.6 is 0 Å². The van der Waals surface area contributed by atoms with Crippen LogP contribution in [-0.4, -0.2) is 15.0 Å². The molecule has 0 fully saturated rings. The summed E-state index contributed by atoms with van der Waals surface area (Å²) < 4.78 is 0. The zero-order valence-corrected chi connectivity index (χ0v) is 19.6. The van der Waals surface area contributed by atoms with Gasteiger partial charge in [0.25, 0.3) is 0 Å². The number of aryl methyl sites for hydroxylation is 1. The molecule has 0 amide bonds. The van der Waals surface area contributed by atoms with Crippen molar-refractivity contribution in [1.82, 2.24) is 15.0 Å². The maximum absolute atomic E-state index is 4.88. The van der Waals surface area contributed by atoms with Gasteiger partial charge in [-0.3, -0.25) is 0 Å². The molecule has 0 bridgehead atoms. The molecule has 164 valence electrons. The highest BCUT2D eigenvalue weighted by Gasteiger charge is 2.35. The van der Waals surface area contributed by atoms with Gasteiger partial charge in [0.15, 0.2) is 11.6 Å². The first-order valence-electron chi connectivity index (χ1n) is 11.6. The Balaban J connectivity index is 1.39. The molecule has 1 heterocycles. The first-order chi connectivity index (χ1) is 16.5. The smallest absolute Gasteiger partial charge is 0.163 e. The van der Waals surface area contributed by atoms with Crippen LogP contribution in [0.4, 0.5) is 0 Å². The molecule has 34 heavy (non-hydrogen) atoms. The molecule has 1 aliphatic carbocycles. The van der Waals surface area contributed by atoms with Crippen LogP contribution in [0.1, 0.15) is 30.8 Å². The van der Waals surface area contributed by atoms with Crippen molar-refractivity contribution in [2.45, 2.75) is 26.2 Å². The Morgan fingerprint density at radius 2 is 1.06 bits per heavy atom. The van der Waals surface area contributed by atoms with Crippen molar-refractivity contribution in [2.75, 3.05) is 0 Å².